The summed E-state index contributed by atoms with van der Waals surface area (Å²) in [6.45, 7) is 0. The minimum atomic E-state index is -4.15. The van der Waals surface area contributed by atoms with Gasteiger partial charge in [0.2, 0.25) is 5.91 Å². The lowest BCUT2D eigenvalue weighted by molar-refractivity contribution is -0.115. The number of anilines is 1. The quantitative estimate of drug-likeness (QED) is 0.427. The van der Waals surface area contributed by atoms with E-state index in [2.05, 4.69) is 10.3 Å². The van der Waals surface area contributed by atoms with Crippen LogP contribution in [0, 0.1) is 0 Å². The third kappa shape index (κ3) is 5.65. The van der Waals surface area contributed by atoms with E-state index in [9.17, 15) is 27.6 Å². The normalized spacial score (nSPS) is 13.4. The van der Waals surface area contributed by atoms with Gasteiger partial charge in [0, 0.05) is 11.9 Å². The lowest BCUT2D eigenvalue weighted by Gasteiger charge is -2.07. The van der Waals surface area contributed by atoms with E-state index in [1.54, 1.807) is 29.8 Å². The Bertz CT molecular complexity index is 1610. The first kappa shape index (κ1) is 26.7. The van der Waals surface area contributed by atoms with Crippen LogP contribution in [0.2, 0.25) is 0 Å². The molecule has 3 aromatic rings. The smallest absolute Gasteiger partial charge is 0.341 e. The number of hydrogen-bond acceptors (Lipinski definition) is 10. The van der Waals surface area contributed by atoms with E-state index >= 15 is 0 Å². The van der Waals surface area contributed by atoms with Gasteiger partial charge in [-0.3, -0.25) is 9.59 Å². The summed E-state index contributed by atoms with van der Waals surface area (Å²) in [6.07, 6.45) is 2.34. The average molecular weight is 566 g/mol. The first-order valence-electron chi connectivity index (χ1n) is 11.0. The number of benzene rings is 1. The van der Waals surface area contributed by atoms with Crippen molar-refractivity contribution in [1.82, 2.24) is 4.57 Å². The average Bonchev–Trinajstić information content (AvgIpc) is 3.50. The fourth-order valence-electron chi connectivity index (χ4n) is 4.04. The molecular weight excluding hydrogens is 542 g/mol. The van der Waals surface area contributed by atoms with E-state index in [1.165, 1.54) is 25.6 Å². The number of hydrogen-bond donors (Lipinski definition) is 1. The van der Waals surface area contributed by atoms with Gasteiger partial charge in [-0.1, -0.05) is 11.3 Å². The zero-order chi connectivity index (χ0) is 26.9. The molecule has 37 heavy (non-hydrogen) atoms. The highest BCUT2D eigenvalue weighted by molar-refractivity contribution is 7.92. The van der Waals surface area contributed by atoms with Crippen LogP contribution in [0.4, 0.5) is 5.00 Å². The molecule has 0 fully saturated rings. The summed E-state index contributed by atoms with van der Waals surface area (Å²) >= 11 is 2.33. The second-order valence-electron chi connectivity index (χ2n) is 8.26. The number of rotatable bonds is 7. The number of fused-ring (bicyclic) bond motifs is 2. The summed E-state index contributed by atoms with van der Waals surface area (Å²) in [5.41, 5.74) is 2.09. The van der Waals surface area contributed by atoms with Crippen LogP contribution in [0.25, 0.3) is 10.2 Å². The predicted molar refractivity (Wildman–Crippen MR) is 138 cm³/mol. The first-order chi connectivity index (χ1) is 17.5. The van der Waals surface area contributed by atoms with Crippen LogP contribution in [-0.4, -0.2) is 62.5 Å². The van der Waals surface area contributed by atoms with E-state index in [0.29, 0.717) is 22.2 Å². The Morgan fingerprint density at radius 1 is 1.05 bits per heavy atom. The molecule has 0 aliphatic heterocycles. The zero-order valence-electron chi connectivity index (χ0n) is 20.2. The molecule has 2 heterocycles. The molecule has 1 aliphatic rings. The third-order valence-corrected chi connectivity index (χ3v) is 9.40. The zero-order valence-corrected chi connectivity index (χ0v) is 22.6. The van der Waals surface area contributed by atoms with Crippen LogP contribution < -0.4 is 10.1 Å². The van der Waals surface area contributed by atoms with Gasteiger partial charge in [0.1, 0.15) is 16.5 Å². The van der Waals surface area contributed by atoms with Crippen LogP contribution in [0.5, 0.6) is 0 Å². The summed E-state index contributed by atoms with van der Waals surface area (Å²) in [5.74, 6) is -4.82. The number of ether oxygens (including phenoxy) is 2. The summed E-state index contributed by atoms with van der Waals surface area (Å²) in [7, 11) is 0.0108. The standard InChI is InChI=1S/C23H23N3O8S3/c1-26-14-8-7-12(21(29)33-2)9-16(14)36-23(26)25-18(28)11-37(31,32)10-17(27)24-20-19(22(30)34-3)13-5-4-6-15(13)35-20/h7-9H,4-6,10-11H2,1-3H3,(H,24,27). The van der Waals surface area contributed by atoms with Crippen LogP contribution in [0.1, 0.15) is 37.6 Å². The maximum atomic E-state index is 12.6. The Labute approximate surface area is 219 Å². The molecule has 0 unspecified atom stereocenters. The van der Waals surface area contributed by atoms with Crippen LogP contribution in [0.3, 0.4) is 0 Å². The highest BCUT2D eigenvalue weighted by atomic mass is 32.2. The minimum Gasteiger partial charge on any atom is -0.465 e. The first-order valence-corrected chi connectivity index (χ1v) is 14.5. The molecule has 0 spiro atoms. The van der Waals surface area contributed by atoms with Crippen LogP contribution in [0.15, 0.2) is 23.2 Å². The highest BCUT2D eigenvalue weighted by Gasteiger charge is 2.29. The minimum absolute atomic E-state index is 0.234. The largest absolute Gasteiger partial charge is 0.465 e. The molecule has 14 heteroatoms. The van der Waals surface area contributed by atoms with Crippen LogP contribution >= 0.6 is 22.7 Å². The van der Waals surface area contributed by atoms with Gasteiger partial charge in [-0.15, -0.1) is 11.3 Å². The lowest BCUT2D eigenvalue weighted by atomic mass is 10.1. The molecule has 0 atom stereocenters. The van der Waals surface area contributed by atoms with Gasteiger partial charge in [0.25, 0.3) is 5.91 Å². The number of amides is 2. The Balaban J connectivity index is 1.48. The molecule has 1 N–H and O–H groups in total. The van der Waals surface area contributed by atoms with Crippen LogP contribution in [-0.2, 0) is 48.8 Å². The second-order valence-corrected chi connectivity index (χ2v) is 12.4. The summed E-state index contributed by atoms with van der Waals surface area (Å²) in [6, 6.07) is 4.84. The number of aryl methyl sites for hydroxylation is 2. The van der Waals surface area contributed by atoms with Gasteiger partial charge in [-0.2, -0.15) is 4.99 Å². The van der Waals surface area contributed by atoms with E-state index in [0.717, 1.165) is 34.6 Å². The third-order valence-electron chi connectivity index (χ3n) is 5.71. The second kappa shape index (κ2) is 10.6. The fraction of sp³-hybridized carbons (Fsp3) is 0.348. The molecular formula is C23H23N3O8S3. The molecule has 0 saturated carbocycles. The van der Waals surface area contributed by atoms with Crippen molar-refractivity contribution in [2.24, 2.45) is 12.0 Å². The monoisotopic (exact) mass is 565 g/mol. The van der Waals surface area contributed by atoms with Gasteiger partial charge in [0.15, 0.2) is 14.6 Å². The van der Waals surface area contributed by atoms with Gasteiger partial charge >= 0.3 is 11.9 Å². The van der Waals surface area contributed by atoms with Crippen molar-refractivity contribution in [3.8, 4) is 0 Å². The van der Waals surface area contributed by atoms with Crippen molar-refractivity contribution < 1.29 is 37.1 Å². The van der Waals surface area contributed by atoms with Crippen molar-refractivity contribution in [3.05, 3.63) is 44.6 Å². The van der Waals surface area contributed by atoms with Gasteiger partial charge < -0.3 is 19.4 Å². The number of nitrogens with one attached hydrogen (secondary N) is 1. The Hall–Kier alpha value is -3.36. The molecule has 2 amide bonds. The molecule has 1 aliphatic carbocycles. The van der Waals surface area contributed by atoms with Gasteiger partial charge in [-0.05, 0) is 43.0 Å². The summed E-state index contributed by atoms with van der Waals surface area (Å²) in [5, 5.41) is 2.74. The molecule has 196 valence electrons. The number of esters is 2. The van der Waals surface area contributed by atoms with E-state index in [-0.39, 0.29) is 15.4 Å². The SMILES string of the molecule is COC(=O)c1ccc2c(c1)sc(=NC(=O)CS(=O)(=O)CC(=O)Nc1sc3c(c1C(=O)OC)CCC3)n2C. The number of aromatic nitrogens is 1. The number of thiazole rings is 1. The number of sulfone groups is 1. The molecule has 1 aromatic carbocycles. The van der Waals surface area contributed by atoms with Crippen molar-refractivity contribution in [1.29, 1.82) is 0 Å². The van der Waals surface area contributed by atoms with Gasteiger partial charge in [-0.25, -0.2) is 18.0 Å². The number of methoxy groups -OCH3 is 2. The maximum Gasteiger partial charge on any atom is 0.341 e. The lowest BCUT2D eigenvalue weighted by Crippen LogP contribution is -2.28. The van der Waals surface area contributed by atoms with E-state index in [1.807, 2.05) is 0 Å². The molecule has 0 bridgehead atoms. The van der Waals surface area contributed by atoms with Crippen molar-refractivity contribution in [2.45, 2.75) is 19.3 Å². The Kier molecular flexibility index (Phi) is 7.62. The molecule has 0 radical (unpaired) electrons. The van der Waals surface area contributed by atoms with E-state index in [4.69, 9.17) is 9.47 Å². The molecule has 4 rings (SSSR count). The number of nitrogens with zero attached hydrogens (tertiary/aromatic N) is 2. The molecule has 0 saturated heterocycles. The molecule has 2 aromatic heterocycles. The maximum absolute atomic E-state index is 12.6. The van der Waals surface area contributed by atoms with Crippen molar-refractivity contribution in [3.63, 3.8) is 0 Å². The van der Waals surface area contributed by atoms with E-state index < -0.39 is 45.1 Å². The fourth-order valence-corrected chi connectivity index (χ4v) is 7.42. The topological polar surface area (TPSA) is 150 Å². The highest BCUT2D eigenvalue weighted by Crippen LogP contribution is 2.39. The van der Waals surface area contributed by atoms with Gasteiger partial charge in [0.05, 0.1) is 35.6 Å². The predicted octanol–water partition coefficient (Wildman–Crippen LogP) is 1.84. The Morgan fingerprint density at radius 3 is 2.49 bits per heavy atom. The summed E-state index contributed by atoms with van der Waals surface area (Å²) in [4.78, 5) is 54.1. The van der Waals surface area contributed by atoms with Crippen molar-refractivity contribution >= 4 is 71.5 Å². The number of carbonyl (C=O) groups excluding carboxylic acids is 4. The summed E-state index contributed by atoms with van der Waals surface area (Å²) < 4.78 is 36.9. The number of carbonyl (C=O) groups is 4. The molecule has 11 nitrogen and oxygen atoms in total. The number of thiophene rings is 1. The Morgan fingerprint density at radius 2 is 1.78 bits per heavy atom. The van der Waals surface area contributed by atoms with Crippen molar-refractivity contribution in [2.75, 3.05) is 31.0 Å².